The third kappa shape index (κ3) is 4.59. The van der Waals surface area contributed by atoms with E-state index in [1.165, 1.54) is 5.56 Å². The van der Waals surface area contributed by atoms with Crippen LogP contribution >= 0.6 is 33.9 Å². The van der Waals surface area contributed by atoms with Gasteiger partial charge in [-0.2, -0.15) is 0 Å². The van der Waals surface area contributed by atoms with Crippen molar-refractivity contribution in [2.24, 2.45) is 0 Å². The molecule has 0 saturated carbocycles. The minimum Gasteiger partial charge on any atom is -0.483 e. The maximum absolute atomic E-state index is 12.5. The summed E-state index contributed by atoms with van der Waals surface area (Å²) in [5.74, 6) is 0.522. The molecule has 1 aromatic heterocycles. The van der Waals surface area contributed by atoms with Crippen molar-refractivity contribution in [3.8, 4) is 16.3 Å². The number of fused-ring (bicyclic) bond motifs is 1. The lowest BCUT2D eigenvalue weighted by molar-refractivity contribution is -0.118. The molecule has 0 aliphatic rings. The molecule has 29 heavy (non-hydrogen) atoms. The number of thiazole rings is 1. The zero-order valence-corrected chi connectivity index (χ0v) is 19.0. The summed E-state index contributed by atoms with van der Waals surface area (Å²) in [6.07, 6.45) is 0. The number of nitrogens with zero attached hydrogens (tertiary/aromatic N) is 1. The first-order valence-corrected chi connectivity index (χ1v) is 11.0. The summed E-state index contributed by atoms with van der Waals surface area (Å²) in [6.45, 7) is 3.96. The zero-order valence-electron chi connectivity index (χ0n) is 16.0. The molecule has 0 radical (unpaired) electrons. The molecule has 4 aromatic rings. The lowest BCUT2D eigenvalue weighted by Crippen LogP contribution is -2.20. The van der Waals surface area contributed by atoms with Crippen molar-refractivity contribution >= 4 is 55.7 Å². The van der Waals surface area contributed by atoms with Gasteiger partial charge in [-0.25, -0.2) is 4.98 Å². The van der Waals surface area contributed by atoms with E-state index < -0.39 is 0 Å². The van der Waals surface area contributed by atoms with Gasteiger partial charge in [-0.05, 0) is 78.4 Å². The summed E-state index contributed by atoms with van der Waals surface area (Å²) in [6, 6.07) is 19.9. The molecule has 0 aliphatic carbocycles. The predicted octanol–water partition coefficient (Wildman–Crippen LogP) is 6.20. The maximum Gasteiger partial charge on any atom is 0.262 e. The normalized spacial score (nSPS) is 10.9. The Labute approximate surface area is 187 Å². The number of halogens is 1. The lowest BCUT2D eigenvalue weighted by Gasteiger charge is -2.12. The number of ether oxygens (including phenoxy) is 1. The van der Waals surface area contributed by atoms with Crippen LogP contribution in [0, 0.1) is 17.4 Å². The standard InChI is InChI=1S/C23H19IN2O2S/c1-14-7-10-20(15(2)11-14)28-13-22(27)25-18-9-8-16(24)12-17(18)23-26-19-5-3-4-6-21(19)29-23/h3-12H,13H2,1-2H3,(H,25,27). The van der Waals surface area contributed by atoms with E-state index in [1.807, 2.05) is 68.4 Å². The number of para-hydroxylation sites is 1. The summed E-state index contributed by atoms with van der Waals surface area (Å²) in [4.78, 5) is 17.3. The predicted molar refractivity (Wildman–Crippen MR) is 128 cm³/mol. The smallest absolute Gasteiger partial charge is 0.262 e. The number of amides is 1. The van der Waals surface area contributed by atoms with Gasteiger partial charge in [-0.3, -0.25) is 4.79 Å². The zero-order chi connectivity index (χ0) is 20.4. The van der Waals surface area contributed by atoms with Crippen molar-refractivity contribution in [3.05, 3.63) is 75.4 Å². The average Bonchev–Trinajstić information content (AvgIpc) is 3.13. The van der Waals surface area contributed by atoms with Crippen molar-refractivity contribution < 1.29 is 9.53 Å². The SMILES string of the molecule is Cc1ccc(OCC(=O)Nc2ccc(I)cc2-c2nc3ccccc3s2)c(C)c1. The fourth-order valence-corrected chi connectivity index (χ4v) is 4.57. The number of carbonyl (C=O) groups excluding carboxylic acids is 1. The number of anilines is 1. The summed E-state index contributed by atoms with van der Waals surface area (Å²) >= 11 is 3.89. The molecule has 4 rings (SSSR count). The van der Waals surface area contributed by atoms with Crippen LogP contribution in [0.1, 0.15) is 11.1 Å². The third-order valence-corrected chi connectivity index (χ3v) is 6.21. The largest absolute Gasteiger partial charge is 0.483 e. The van der Waals surface area contributed by atoms with E-state index in [1.54, 1.807) is 11.3 Å². The first kappa shape index (κ1) is 19.8. The van der Waals surface area contributed by atoms with E-state index in [2.05, 4.69) is 34.0 Å². The molecule has 0 fully saturated rings. The Morgan fingerprint density at radius 3 is 2.72 bits per heavy atom. The van der Waals surface area contributed by atoms with E-state index in [0.717, 1.165) is 41.4 Å². The summed E-state index contributed by atoms with van der Waals surface area (Å²) in [5, 5.41) is 3.87. The van der Waals surface area contributed by atoms with Crippen molar-refractivity contribution in [2.45, 2.75) is 13.8 Å². The Morgan fingerprint density at radius 2 is 1.93 bits per heavy atom. The van der Waals surface area contributed by atoms with E-state index in [0.29, 0.717) is 0 Å². The van der Waals surface area contributed by atoms with Crippen LogP contribution in [-0.2, 0) is 4.79 Å². The van der Waals surface area contributed by atoms with Crippen LogP contribution in [-0.4, -0.2) is 17.5 Å². The van der Waals surface area contributed by atoms with Crippen LogP contribution in [0.2, 0.25) is 0 Å². The number of benzene rings is 3. The molecule has 0 spiro atoms. The monoisotopic (exact) mass is 514 g/mol. The Morgan fingerprint density at radius 1 is 1.10 bits per heavy atom. The van der Waals surface area contributed by atoms with Gasteiger partial charge in [-0.1, -0.05) is 29.8 Å². The van der Waals surface area contributed by atoms with Crippen molar-refractivity contribution in [3.63, 3.8) is 0 Å². The van der Waals surface area contributed by atoms with Crippen LogP contribution in [0.3, 0.4) is 0 Å². The van der Waals surface area contributed by atoms with Crippen LogP contribution < -0.4 is 10.1 Å². The quantitative estimate of drug-likeness (QED) is 0.323. The van der Waals surface area contributed by atoms with E-state index in [9.17, 15) is 4.79 Å². The fraction of sp³-hybridized carbons (Fsp3) is 0.130. The molecule has 1 heterocycles. The maximum atomic E-state index is 12.5. The number of carbonyl (C=O) groups is 1. The topological polar surface area (TPSA) is 51.2 Å². The van der Waals surface area contributed by atoms with Crippen molar-refractivity contribution in [1.29, 1.82) is 0 Å². The molecule has 1 N–H and O–H groups in total. The van der Waals surface area contributed by atoms with Gasteiger partial charge in [0.1, 0.15) is 10.8 Å². The minimum atomic E-state index is -0.200. The second-order valence-electron chi connectivity index (χ2n) is 6.78. The van der Waals surface area contributed by atoms with Gasteiger partial charge < -0.3 is 10.1 Å². The van der Waals surface area contributed by atoms with Crippen molar-refractivity contribution in [1.82, 2.24) is 4.98 Å². The van der Waals surface area contributed by atoms with Crippen LogP contribution in [0.25, 0.3) is 20.8 Å². The second-order valence-corrected chi connectivity index (χ2v) is 9.06. The van der Waals surface area contributed by atoms with Gasteiger partial charge in [0.05, 0.1) is 15.9 Å². The van der Waals surface area contributed by atoms with Gasteiger partial charge in [0.25, 0.3) is 5.91 Å². The second kappa shape index (κ2) is 8.51. The number of hydrogen-bond donors (Lipinski definition) is 1. The van der Waals surface area contributed by atoms with Gasteiger partial charge >= 0.3 is 0 Å². The lowest BCUT2D eigenvalue weighted by atomic mass is 10.1. The fourth-order valence-electron chi connectivity index (χ4n) is 3.08. The summed E-state index contributed by atoms with van der Waals surface area (Å²) in [5.41, 5.74) is 4.79. The first-order valence-electron chi connectivity index (χ1n) is 9.15. The molecule has 0 atom stereocenters. The molecule has 0 aliphatic heterocycles. The number of rotatable bonds is 5. The van der Waals surface area contributed by atoms with Gasteiger partial charge in [-0.15, -0.1) is 11.3 Å². The number of hydrogen-bond acceptors (Lipinski definition) is 4. The molecule has 6 heteroatoms. The van der Waals surface area contributed by atoms with Gasteiger partial charge in [0.2, 0.25) is 0 Å². The van der Waals surface area contributed by atoms with Gasteiger partial charge in [0, 0.05) is 9.13 Å². The molecule has 4 nitrogen and oxygen atoms in total. The molecule has 0 saturated heterocycles. The molecule has 146 valence electrons. The minimum absolute atomic E-state index is 0.0465. The molecule has 3 aromatic carbocycles. The highest BCUT2D eigenvalue weighted by molar-refractivity contribution is 14.1. The molecule has 0 unspecified atom stereocenters. The highest BCUT2D eigenvalue weighted by atomic mass is 127. The van der Waals surface area contributed by atoms with Crippen molar-refractivity contribution in [2.75, 3.05) is 11.9 Å². The highest BCUT2D eigenvalue weighted by Gasteiger charge is 2.14. The number of aryl methyl sites for hydroxylation is 2. The van der Waals surface area contributed by atoms with Gasteiger partial charge in [0.15, 0.2) is 6.61 Å². The highest BCUT2D eigenvalue weighted by Crippen LogP contribution is 2.35. The Hall–Kier alpha value is -2.45. The van der Waals surface area contributed by atoms with E-state index in [-0.39, 0.29) is 12.5 Å². The number of aromatic nitrogens is 1. The van der Waals surface area contributed by atoms with Crippen LogP contribution in [0.4, 0.5) is 5.69 Å². The Kier molecular flexibility index (Phi) is 5.82. The Bertz CT molecular complexity index is 1170. The molecule has 1 amide bonds. The molecule has 0 bridgehead atoms. The van der Waals surface area contributed by atoms with Crippen LogP contribution in [0.5, 0.6) is 5.75 Å². The Balaban J connectivity index is 1.54. The molecular formula is C23H19IN2O2S. The first-order chi connectivity index (χ1) is 14.0. The third-order valence-electron chi connectivity index (χ3n) is 4.47. The summed E-state index contributed by atoms with van der Waals surface area (Å²) < 4.78 is 7.92. The van der Waals surface area contributed by atoms with E-state index >= 15 is 0 Å². The number of nitrogens with one attached hydrogen (secondary N) is 1. The van der Waals surface area contributed by atoms with E-state index in [4.69, 9.17) is 9.72 Å². The summed E-state index contributed by atoms with van der Waals surface area (Å²) in [7, 11) is 0. The average molecular weight is 514 g/mol. The van der Waals surface area contributed by atoms with Crippen LogP contribution in [0.15, 0.2) is 60.7 Å². The molecular weight excluding hydrogens is 495 g/mol.